The second-order valence-corrected chi connectivity index (χ2v) is 6.98. The molecule has 0 bridgehead atoms. The fraction of sp³-hybridized carbons (Fsp3) is 0.286. The molecular weight excluding hydrogens is 470 g/mol. The van der Waals surface area contributed by atoms with Crippen LogP contribution in [0.4, 0.5) is 0 Å². The van der Waals surface area contributed by atoms with Gasteiger partial charge in [0.05, 0.1) is 39.1 Å². The zero-order chi connectivity index (χ0) is 22.8. The summed E-state index contributed by atoms with van der Waals surface area (Å²) in [5, 5.41) is 6.37. The van der Waals surface area contributed by atoms with E-state index in [4.69, 9.17) is 18.9 Å². The smallest absolute Gasteiger partial charge is 0.329 e. The number of nitrogens with one attached hydrogen (secondary N) is 2. The number of hydrazone groups is 1. The molecule has 0 aliphatic rings. The molecule has 9 nitrogen and oxygen atoms in total. The monoisotopic (exact) mass is 493 g/mol. The molecule has 0 fully saturated rings. The molecule has 0 atom stereocenters. The largest absolute Gasteiger partial charge is 0.496 e. The van der Waals surface area contributed by atoms with Crippen molar-refractivity contribution < 1.29 is 28.5 Å². The minimum Gasteiger partial charge on any atom is -0.496 e. The fourth-order valence-corrected chi connectivity index (χ4v) is 3.16. The van der Waals surface area contributed by atoms with Crippen LogP contribution in [0.1, 0.15) is 11.1 Å². The molecule has 2 aromatic rings. The lowest BCUT2D eigenvalue weighted by molar-refractivity contribution is -0.139. The molecular formula is C21H24BrN3O6. The van der Waals surface area contributed by atoms with Gasteiger partial charge in [0.1, 0.15) is 11.5 Å². The summed E-state index contributed by atoms with van der Waals surface area (Å²) in [4.78, 5) is 23.9. The zero-order valence-electron chi connectivity index (χ0n) is 17.7. The first kappa shape index (κ1) is 24.0. The molecule has 2 rings (SSSR count). The highest BCUT2D eigenvalue weighted by Crippen LogP contribution is 2.32. The SMILES string of the molecule is COc1cc(OC)c(/C=N\NC(=O)C(=O)NCCc2ccc(OC)c(OC)c2)cc1Br. The molecule has 0 aliphatic carbocycles. The molecule has 31 heavy (non-hydrogen) atoms. The molecule has 0 saturated heterocycles. The van der Waals surface area contributed by atoms with E-state index in [0.29, 0.717) is 39.5 Å². The Hall–Kier alpha value is -3.27. The van der Waals surface area contributed by atoms with Gasteiger partial charge in [0, 0.05) is 18.2 Å². The first-order valence-corrected chi connectivity index (χ1v) is 9.96. The number of carbonyl (C=O) groups excluding carboxylic acids is 2. The number of nitrogens with zero attached hydrogens (tertiary/aromatic N) is 1. The van der Waals surface area contributed by atoms with E-state index in [-0.39, 0.29) is 6.54 Å². The van der Waals surface area contributed by atoms with Gasteiger partial charge in [-0.1, -0.05) is 6.07 Å². The van der Waals surface area contributed by atoms with E-state index >= 15 is 0 Å². The molecule has 166 valence electrons. The number of hydrogen-bond donors (Lipinski definition) is 2. The van der Waals surface area contributed by atoms with Gasteiger partial charge in [-0.15, -0.1) is 0 Å². The maximum Gasteiger partial charge on any atom is 0.329 e. The number of hydrogen-bond acceptors (Lipinski definition) is 7. The van der Waals surface area contributed by atoms with Crippen molar-refractivity contribution in [1.82, 2.24) is 10.7 Å². The third kappa shape index (κ3) is 6.61. The fourth-order valence-electron chi connectivity index (χ4n) is 2.63. The Balaban J connectivity index is 1.88. The van der Waals surface area contributed by atoms with Crippen molar-refractivity contribution in [2.45, 2.75) is 6.42 Å². The number of carbonyl (C=O) groups is 2. The van der Waals surface area contributed by atoms with E-state index in [1.165, 1.54) is 20.4 Å². The predicted molar refractivity (Wildman–Crippen MR) is 119 cm³/mol. The molecule has 0 aromatic heterocycles. The van der Waals surface area contributed by atoms with Crippen molar-refractivity contribution in [1.29, 1.82) is 0 Å². The minimum absolute atomic E-state index is 0.269. The van der Waals surface area contributed by atoms with Crippen LogP contribution in [0.2, 0.25) is 0 Å². The minimum atomic E-state index is -0.880. The summed E-state index contributed by atoms with van der Waals surface area (Å²) in [6, 6.07) is 8.85. The second-order valence-electron chi connectivity index (χ2n) is 6.12. The number of methoxy groups -OCH3 is 4. The van der Waals surface area contributed by atoms with E-state index in [9.17, 15) is 9.59 Å². The van der Waals surface area contributed by atoms with Gasteiger partial charge in [0.2, 0.25) is 0 Å². The summed E-state index contributed by atoms with van der Waals surface area (Å²) in [6.07, 6.45) is 1.89. The van der Waals surface area contributed by atoms with Gasteiger partial charge in [0.25, 0.3) is 0 Å². The van der Waals surface area contributed by atoms with Gasteiger partial charge in [-0.05, 0) is 46.1 Å². The third-order valence-corrected chi connectivity index (χ3v) is 4.85. The molecule has 2 aromatic carbocycles. The van der Waals surface area contributed by atoms with Gasteiger partial charge in [0.15, 0.2) is 11.5 Å². The van der Waals surface area contributed by atoms with Crippen LogP contribution in [-0.2, 0) is 16.0 Å². The topological polar surface area (TPSA) is 107 Å². The van der Waals surface area contributed by atoms with Crippen LogP contribution < -0.4 is 29.7 Å². The third-order valence-electron chi connectivity index (χ3n) is 4.23. The van der Waals surface area contributed by atoms with Crippen molar-refractivity contribution in [3.05, 3.63) is 45.9 Å². The van der Waals surface area contributed by atoms with Crippen molar-refractivity contribution in [2.24, 2.45) is 5.10 Å². The Morgan fingerprint density at radius 2 is 1.58 bits per heavy atom. The van der Waals surface area contributed by atoms with Crippen molar-refractivity contribution in [3.63, 3.8) is 0 Å². The second kappa shape index (κ2) is 11.8. The van der Waals surface area contributed by atoms with E-state index < -0.39 is 11.8 Å². The number of rotatable bonds is 9. The molecule has 0 unspecified atom stereocenters. The van der Waals surface area contributed by atoms with E-state index in [1.807, 2.05) is 12.1 Å². The maximum atomic E-state index is 12.0. The Morgan fingerprint density at radius 3 is 2.23 bits per heavy atom. The quantitative estimate of drug-likeness (QED) is 0.315. The van der Waals surface area contributed by atoms with Crippen LogP contribution in [0.5, 0.6) is 23.0 Å². The van der Waals surface area contributed by atoms with Crippen molar-refractivity contribution in [2.75, 3.05) is 35.0 Å². The first-order chi connectivity index (χ1) is 14.9. The van der Waals surface area contributed by atoms with Crippen LogP contribution >= 0.6 is 15.9 Å². The summed E-state index contributed by atoms with van der Waals surface area (Å²) < 4.78 is 21.6. The van der Waals surface area contributed by atoms with Gasteiger partial charge >= 0.3 is 11.8 Å². The average Bonchev–Trinajstić information content (AvgIpc) is 2.78. The Bertz CT molecular complexity index is 964. The van der Waals surface area contributed by atoms with Gasteiger partial charge in [-0.25, -0.2) is 5.43 Å². The summed E-state index contributed by atoms with van der Waals surface area (Å²) >= 11 is 3.37. The van der Waals surface area contributed by atoms with Crippen molar-refractivity contribution >= 4 is 34.0 Å². The molecule has 0 radical (unpaired) electrons. The number of benzene rings is 2. The van der Waals surface area contributed by atoms with Gasteiger partial charge in [-0.3, -0.25) is 9.59 Å². The lowest BCUT2D eigenvalue weighted by Gasteiger charge is -2.10. The van der Waals surface area contributed by atoms with E-state index in [2.05, 4.69) is 31.8 Å². The number of ether oxygens (including phenoxy) is 4. The molecule has 2 N–H and O–H groups in total. The predicted octanol–water partition coefficient (Wildman–Crippen LogP) is 2.29. The number of halogens is 1. The van der Waals surface area contributed by atoms with E-state index in [0.717, 1.165) is 5.56 Å². The maximum absolute atomic E-state index is 12.0. The molecule has 0 saturated carbocycles. The summed E-state index contributed by atoms with van der Waals surface area (Å²) in [6.45, 7) is 0.269. The molecule has 0 aliphatic heterocycles. The lowest BCUT2D eigenvalue weighted by atomic mass is 10.1. The summed E-state index contributed by atoms with van der Waals surface area (Å²) in [5.41, 5.74) is 3.70. The highest BCUT2D eigenvalue weighted by molar-refractivity contribution is 9.10. The molecule has 10 heteroatoms. The Labute approximate surface area is 188 Å². The van der Waals surface area contributed by atoms with Crippen molar-refractivity contribution in [3.8, 4) is 23.0 Å². The highest BCUT2D eigenvalue weighted by atomic mass is 79.9. The average molecular weight is 494 g/mol. The van der Waals surface area contributed by atoms with Crippen LogP contribution in [0.15, 0.2) is 39.9 Å². The van der Waals surface area contributed by atoms with Crippen LogP contribution in [-0.4, -0.2) is 53.0 Å². The summed E-state index contributed by atoms with van der Waals surface area (Å²) in [5.74, 6) is 0.631. The first-order valence-electron chi connectivity index (χ1n) is 9.17. The van der Waals surface area contributed by atoms with E-state index in [1.54, 1.807) is 32.4 Å². The number of amides is 2. The van der Waals surface area contributed by atoms with Crippen LogP contribution in [0.25, 0.3) is 0 Å². The lowest BCUT2D eigenvalue weighted by Crippen LogP contribution is -2.38. The molecule has 2 amide bonds. The summed E-state index contributed by atoms with van der Waals surface area (Å²) in [7, 11) is 6.15. The normalized spacial score (nSPS) is 10.5. The Kier molecular flexibility index (Phi) is 9.13. The molecule has 0 spiro atoms. The highest BCUT2D eigenvalue weighted by Gasteiger charge is 2.13. The zero-order valence-corrected chi connectivity index (χ0v) is 19.2. The van der Waals surface area contributed by atoms with Gasteiger partial charge in [-0.2, -0.15) is 5.10 Å². The van der Waals surface area contributed by atoms with Crippen LogP contribution in [0.3, 0.4) is 0 Å². The Morgan fingerprint density at radius 1 is 0.903 bits per heavy atom. The van der Waals surface area contributed by atoms with Crippen LogP contribution in [0, 0.1) is 0 Å². The van der Waals surface area contributed by atoms with Gasteiger partial charge < -0.3 is 24.3 Å². The standard InChI is InChI=1S/C21H24BrN3O6/c1-28-16-6-5-13(9-19(16)31-4)7-8-23-20(26)21(27)25-24-12-14-10-15(22)18(30-3)11-17(14)29-2/h5-6,9-12H,7-8H2,1-4H3,(H,23,26)(H,25,27)/b24-12-. The molecule has 0 heterocycles.